The molecule has 0 saturated heterocycles. The normalized spacial score (nSPS) is 21.7. The molecule has 1 spiro atoms. The number of amides is 1. The number of aromatic carboxylic acids is 1. The number of benzene rings is 3. The maximum absolute atomic E-state index is 14.1. The van der Waals surface area contributed by atoms with E-state index < -0.39 is 11.4 Å². The third kappa shape index (κ3) is 2.81. The highest BCUT2D eigenvalue weighted by molar-refractivity contribution is 6.30. The molecule has 1 aliphatic heterocycles. The van der Waals surface area contributed by atoms with E-state index in [0.717, 1.165) is 5.56 Å². The van der Waals surface area contributed by atoms with Crippen molar-refractivity contribution in [2.24, 2.45) is 0 Å². The molecule has 2 aliphatic rings. The van der Waals surface area contributed by atoms with Gasteiger partial charge in [0.15, 0.2) is 0 Å². The number of carboxylic acid groups (broad SMARTS) is 1. The molecule has 1 amide bonds. The van der Waals surface area contributed by atoms with Gasteiger partial charge in [-0.25, -0.2) is 9.18 Å². The van der Waals surface area contributed by atoms with Gasteiger partial charge in [0, 0.05) is 16.6 Å². The van der Waals surface area contributed by atoms with Crippen molar-refractivity contribution in [3.8, 4) is 0 Å². The zero-order valence-corrected chi connectivity index (χ0v) is 16.6. The number of halogens is 2. The Labute approximate surface area is 177 Å². The fourth-order valence-electron chi connectivity index (χ4n) is 4.60. The monoisotopic (exact) mass is 421 g/mol. The molecule has 1 saturated carbocycles. The van der Waals surface area contributed by atoms with Gasteiger partial charge in [0.05, 0.1) is 17.5 Å². The highest BCUT2D eigenvalue weighted by atomic mass is 35.5. The second kappa shape index (κ2) is 6.67. The molecule has 3 aromatic carbocycles. The Morgan fingerprint density at radius 3 is 2.63 bits per heavy atom. The van der Waals surface area contributed by atoms with Crippen molar-refractivity contribution in [1.82, 2.24) is 0 Å². The third-order valence-electron chi connectivity index (χ3n) is 6.10. The number of rotatable bonds is 4. The Morgan fingerprint density at radius 2 is 1.90 bits per heavy atom. The van der Waals surface area contributed by atoms with Crippen LogP contribution in [0.2, 0.25) is 5.02 Å². The lowest BCUT2D eigenvalue weighted by Crippen LogP contribution is -2.32. The fraction of sp³-hybridized carbons (Fsp3) is 0.167. The number of anilines is 1. The van der Waals surface area contributed by atoms with Crippen LogP contribution in [0.15, 0.2) is 66.7 Å². The lowest BCUT2D eigenvalue weighted by Gasteiger charge is -2.19. The number of carbonyl (C=O) groups excluding carboxylic acids is 1. The zero-order chi connectivity index (χ0) is 21.0. The lowest BCUT2D eigenvalue weighted by atomic mass is 9.92. The Bertz CT molecular complexity index is 1190. The van der Waals surface area contributed by atoms with Crippen LogP contribution in [0.4, 0.5) is 10.1 Å². The van der Waals surface area contributed by atoms with Gasteiger partial charge in [0.1, 0.15) is 5.82 Å². The molecule has 0 unspecified atom stereocenters. The van der Waals surface area contributed by atoms with E-state index in [9.17, 15) is 19.1 Å². The number of hydrogen-bond acceptors (Lipinski definition) is 2. The van der Waals surface area contributed by atoms with Crippen molar-refractivity contribution in [3.05, 3.63) is 99.8 Å². The van der Waals surface area contributed by atoms with Gasteiger partial charge < -0.3 is 10.0 Å². The number of hydrogen-bond donors (Lipinski definition) is 1. The summed E-state index contributed by atoms with van der Waals surface area (Å²) in [4.78, 5) is 26.5. The molecule has 4 nitrogen and oxygen atoms in total. The number of nitrogens with zero attached hydrogens (tertiary/aromatic N) is 1. The van der Waals surface area contributed by atoms with Crippen LogP contribution >= 0.6 is 11.6 Å². The van der Waals surface area contributed by atoms with Crippen molar-refractivity contribution in [2.75, 3.05) is 4.90 Å². The third-order valence-corrected chi connectivity index (χ3v) is 6.36. The highest BCUT2D eigenvalue weighted by Gasteiger charge is 2.67. The average molecular weight is 422 g/mol. The predicted molar refractivity (Wildman–Crippen MR) is 111 cm³/mol. The minimum absolute atomic E-state index is 0.0434. The van der Waals surface area contributed by atoms with Crippen molar-refractivity contribution in [3.63, 3.8) is 0 Å². The number of carbonyl (C=O) groups is 2. The molecule has 5 rings (SSSR count). The minimum Gasteiger partial charge on any atom is -0.478 e. The second-order valence-corrected chi connectivity index (χ2v) is 8.27. The van der Waals surface area contributed by atoms with Crippen molar-refractivity contribution in [1.29, 1.82) is 0 Å². The van der Waals surface area contributed by atoms with Crippen LogP contribution < -0.4 is 4.90 Å². The molecule has 1 heterocycles. The van der Waals surface area contributed by atoms with Crippen molar-refractivity contribution in [2.45, 2.75) is 24.3 Å². The summed E-state index contributed by atoms with van der Waals surface area (Å²) < 4.78 is 14.1. The number of fused-ring (bicyclic) bond motifs is 2. The molecule has 30 heavy (non-hydrogen) atoms. The molecule has 3 aromatic rings. The van der Waals surface area contributed by atoms with Gasteiger partial charge in [-0.3, -0.25) is 4.79 Å². The molecule has 1 N–H and O–H groups in total. The predicted octanol–water partition coefficient (Wildman–Crippen LogP) is 5.15. The Balaban J connectivity index is 1.54. The Hall–Kier alpha value is -3.18. The van der Waals surface area contributed by atoms with Gasteiger partial charge in [-0.15, -0.1) is 0 Å². The van der Waals surface area contributed by atoms with E-state index in [0.29, 0.717) is 28.3 Å². The molecule has 1 fully saturated rings. The van der Waals surface area contributed by atoms with Crippen LogP contribution in [-0.2, 0) is 16.8 Å². The van der Waals surface area contributed by atoms with E-state index in [1.165, 1.54) is 18.2 Å². The summed E-state index contributed by atoms with van der Waals surface area (Å²) in [7, 11) is 0. The van der Waals surface area contributed by atoms with Crippen LogP contribution in [-0.4, -0.2) is 17.0 Å². The molecule has 6 heteroatoms. The Morgan fingerprint density at radius 1 is 1.13 bits per heavy atom. The first-order chi connectivity index (χ1) is 14.4. The summed E-state index contributed by atoms with van der Waals surface area (Å²) >= 11 is 6.00. The molecular formula is C24H17ClFNO3. The van der Waals surface area contributed by atoms with E-state index in [1.54, 1.807) is 41.3 Å². The summed E-state index contributed by atoms with van der Waals surface area (Å²) in [5, 5.41) is 9.87. The van der Waals surface area contributed by atoms with Gasteiger partial charge in [-0.2, -0.15) is 0 Å². The summed E-state index contributed by atoms with van der Waals surface area (Å²) in [6, 6.07) is 18.4. The topological polar surface area (TPSA) is 57.6 Å². The van der Waals surface area contributed by atoms with E-state index in [1.807, 2.05) is 12.1 Å². The average Bonchev–Trinajstić information content (AvgIpc) is 3.45. The van der Waals surface area contributed by atoms with Crippen molar-refractivity contribution >= 4 is 29.2 Å². The van der Waals surface area contributed by atoms with Gasteiger partial charge in [-0.1, -0.05) is 35.9 Å². The largest absolute Gasteiger partial charge is 0.478 e. The SMILES string of the molecule is O=C(O)c1cccc(CN2C(=O)[C@]3(C[C@H]3c3ccc(Cl)cc3)c3cc(F)ccc32)c1. The van der Waals surface area contributed by atoms with Gasteiger partial charge >= 0.3 is 5.97 Å². The summed E-state index contributed by atoms with van der Waals surface area (Å²) in [5.74, 6) is -1.52. The summed E-state index contributed by atoms with van der Waals surface area (Å²) in [5.41, 5.74) is 2.46. The molecule has 1 aliphatic carbocycles. The first kappa shape index (κ1) is 18.8. The first-order valence-electron chi connectivity index (χ1n) is 9.60. The van der Waals surface area contributed by atoms with E-state index in [2.05, 4.69) is 0 Å². The smallest absolute Gasteiger partial charge is 0.335 e. The van der Waals surface area contributed by atoms with Crippen LogP contribution in [0.25, 0.3) is 0 Å². The van der Waals surface area contributed by atoms with Crippen LogP contribution in [0.1, 0.15) is 39.4 Å². The summed E-state index contributed by atoms with van der Waals surface area (Å²) in [6.07, 6.45) is 0.607. The minimum atomic E-state index is -1.02. The molecule has 2 atom stereocenters. The molecule has 150 valence electrons. The molecule has 0 aromatic heterocycles. The highest BCUT2D eigenvalue weighted by Crippen LogP contribution is 2.66. The molecule has 0 bridgehead atoms. The zero-order valence-electron chi connectivity index (χ0n) is 15.8. The van der Waals surface area contributed by atoms with Crippen LogP contribution in [0, 0.1) is 5.82 Å². The van der Waals surface area contributed by atoms with E-state index >= 15 is 0 Å². The Kier molecular flexibility index (Phi) is 4.19. The lowest BCUT2D eigenvalue weighted by molar-refractivity contribution is -0.120. The molecule has 0 radical (unpaired) electrons. The second-order valence-electron chi connectivity index (χ2n) is 7.84. The quantitative estimate of drug-likeness (QED) is 0.633. The fourth-order valence-corrected chi connectivity index (χ4v) is 4.73. The standard InChI is InChI=1S/C24H17ClFNO3/c25-17-6-4-15(5-7-17)20-12-24(20)19-11-18(26)8-9-21(19)27(23(24)30)13-14-2-1-3-16(10-14)22(28)29/h1-11,20H,12-13H2,(H,28,29)/t20-,24+/m0/s1. The van der Waals surface area contributed by atoms with E-state index in [4.69, 9.17) is 11.6 Å². The summed E-state index contributed by atoms with van der Waals surface area (Å²) in [6.45, 7) is 0.230. The van der Waals surface area contributed by atoms with Crippen LogP contribution in [0.5, 0.6) is 0 Å². The molecular weight excluding hydrogens is 405 g/mol. The maximum atomic E-state index is 14.1. The number of carboxylic acids is 1. The first-order valence-corrected chi connectivity index (χ1v) is 9.97. The van der Waals surface area contributed by atoms with Gasteiger partial charge in [-0.05, 0) is 65.6 Å². The van der Waals surface area contributed by atoms with E-state index in [-0.39, 0.29) is 29.8 Å². The van der Waals surface area contributed by atoms with Gasteiger partial charge in [0.2, 0.25) is 5.91 Å². The van der Waals surface area contributed by atoms with Gasteiger partial charge in [0.25, 0.3) is 0 Å². The van der Waals surface area contributed by atoms with Crippen LogP contribution in [0.3, 0.4) is 0 Å². The maximum Gasteiger partial charge on any atom is 0.335 e. The van der Waals surface area contributed by atoms with Crippen molar-refractivity contribution < 1.29 is 19.1 Å².